The summed E-state index contributed by atoms with van der Waals surface area (Å²) in [4.78, 5) is 13.6. The third-order valence-corrected chi connectivity index (χ3v) is 4.28. The van der Waals surface area contributed by atoms with Crippen molar-refractivity contribution in [1.29, 1.82) is 0 Å². The topological polar surface area (TPSA) is 50.7 Å². The van der Waals surface area contributed by atoms with Gasteiger partial charge in [0, 0.05) is 11.9 Å². The highest BCUT2D eigenvalue weighted by Gasteiger charge is 2.16. The Morgan fingerprint density at radius 3 is 2.74 bits per heavy atom. The second kappa shape index (κ2) is 6.60. The minimum atomic E-state index is 0.370. The second-order valence-electron chi connectivity index (χ2n) is 4.55. The van der Waals surface area contributed by atoms with Gasteiger partial charge in [-0.25, -0.2) is 15.0 Å². The summed E-state index contributed by atoms with van der Waals surface area (Å²) in [6, 6.07) is 0. The lowest BCUT2D eigenvalue weighted by atomic mass is 10.1. The van der Waals surface area contributed by atoms with Crippen molar-refractivity contribution in [2.24, 2.45) is 0 Å². The van der Waals surface area contributed by atoms with Crippen molar-refractivity contribution in [3.05, 3.63) is 20.2 Å². The van der Waals surface area contributed by atoms with Crippen LogP contribution in [0.3, 0.4) is 0 Å². The molecule has 0 fully saturated rings. The predicted molar refractivity (Wildman–Crippen MR) is 88.7 cm³/mol. The minimum Gasteiger partial charge on any atom is -0.369 e. The lowest BCUT2D eigenvalue weighted by molar-refractivity contribution is 0.806. The van der Waals surface area contributed by atoms with Gasteiger partial charge in [0.1, 0.15) is 11.5 Å². The first kappa shape index (κ1) is 14.6. The minimum absolute atomic E-state index is 0.370. The number of aromatic nitrogens is 3. The number of rotatable bonds is 5. The molecule has 0 radical (unpaired) electrons. The van der Waals surface area contributed by atoms with Crippen molar-refractivity contribution in [1.82, 2.24) is 15.0 Å². The molecule has 0 bridgehead atoms. The van der Waals surface area contributed by atoms with Crippen molar-refractivity contribution < 1.29 is 0 Å². The summed E-state index contributed by atoms with van der Waals surface area (Å²) in [5.41, 5.74) is 3.74. The van der Waals surface area contributed by atoms with Crippen molar-refractivity contribution in [2.45, 2.75) is 33.1 Å². The highest BCUT2D eigenvalue weighted by Crippen LogP contribution is 2.28. The summed E-state index contributed by atoms with van der Waals surface area (Å²) in [6.45, 7) is 7.37. The Bertz CT molecular complexity index is 540. The Hall–Kier alpha value is -0.760. The van der Waals surface area contributed by atoms with Gasteiger partial charge in [-0.15, -0.1) is 11.3 Å². The maximum atomic E-state index is 4.67. The van der Waals surface area contributed by atoms with Crippen molar-refractivity contribution in [3.8, 4) is 11.5 Å². The summed E-state index contributed by atoms with van der Waals surface area (Å²) in [7, 11) is 0. The fraction of sp³-hybridized carbons (Fsp3) is 0.462. The number of hydrogen-bond donors (Lipinski definition) is 1. The molecule has 2 aromatic rings. The predicted octanol–water partition coefficient (Wildman–Crippen LogP) is 4.15. The van der Waals surface area contributed by atoms with Crippen LogP contribution in [0.1, 0.15) is 38.8 Å². The third-order valence-electron chi connectivity index (χ3n) is 2.63. The smallest absolute Gasteiger partial charge is 0.181 e. The molecule has 4 nitrogen and oxygen atoms in total. The zero-order chi connectivity index (χ0) is 13.8. The molecular weight excluding hydrogens is 371 g/mol. The van der Waals surface area contributed by atoms with Crippen LogP contribution < -0.4 is 5.32 Å². The normalized spacial score (nSPS) is 11.0. The van der Waals surface area contributed by atoms with Gasteiger partial charge in [0.25, 0.3) is 0 Å². The number of anilines is 1. The zero-order valence-corrected chi connectivity index (χ0v) is 14.2. The molecule has 0 saturated carbocycles. The van der Waals surface area contributed by atoms with E-state index in [9.17, 15) is 0 Å². The van der Waals surface area contributed by atoms with Gasteiger partial charge < -0.3 is 5.32 Å². The van der Waals surface area contributed by atoms with Gasteiger partial charge >= 0.3 is 0 Å². The van der Waals surface area contributed by atoms with Gasteiger partial charge in [-0.3, -0.25) is 0 Å². The first-order valence-electron chi connectivity index (χ1n) is 6.33. The molecule has 0 atom stereocenters. The van der Waals surface area contributed by atoms with Crippen LogP contribution in [0.15, 0.2) is 10.9 Å². The van der Waals surface area contributed by atoms with Gasteiger partial charge in [-0.05, 0) is 34.9 Å². The maximum absolute atomic E-state index is 4.67. The molecule has 0 aliphatic carbocycles. The van der Waals surface area contributed by atoms with Gasteiger partial charge in [-0.2, -0.15) is 0 Å². The lowest BCUT2D eigenvalue weighted by Crippen LogP contribution is -2.10. The molecule has 2 heterocycles. The summed E-state index contributed by atoms with van der Waals surface area (Å²) in [5, 5.41) is 5.36. The van der Waals surface area contributed by atoms with E-state index in [0.29, 0.717) is 11.7 Å². The van der Waals surface area contributed by atoms with Crippen LogP contribution in [-0.4, -0.2) is 21.5 Å². The standard InChI is InChI=1S/C13H17IN4S/c1-4-5-15-13-10(14)11(8(2)3)17-12(18-13)9-6-19-7-16-9/h6-8H,4-5H2,1-3H3,(H,15,17,18). The van der Waals surface area contributed by atoms with Crippen LogP contribution in [0.2, 0.25) is 0 Å². The fourth-order valence-corrected chi connectivity index (χ4v) is 3.23. The van der Waals surface area contributed by atoms with E-state index in [-0.39, 0.29) is 0 Å². The molecular formula is C13H17IN4S. The molecule has 0 aromatic carbocycles. The molecule has 2 aromatic heterocycles. The Balaban J connectivity index is 2.47. The summed E-state index contributed by atoms with van der Waals surface area (Å²) >= 11 is 3.89. The first-order valence-corrected chi connectivity index (χ1v) is 8.35. The molecule has 0 unspecified atom stereocenters. The van der Waals surface area contributed by atoms with Crippen LogP contribution in [0.4, 0.5) is 5.82 Å². The van der Waals surface area contributed by atoms with E-state index in [1.807, 2.05) is 10.9 Å². The molecule has 0 amide bonds. The Kier molecular flexibility index (Phi) is 5.09. The van der Waals surface area contributed by atoms with Gasteiger partial charge in [0.15, 0.2) is 5.82 Å². The van der Waals surface area contributed by atoms with Crippen LogP contribution in [-0.2, 0) is 0 Å². The SMILES string of the molecule is CCCNc1nc(-c2cscn2)nc(C(C)C)c1I. The molecule has 19 heavy (non-hydrogen) atoms. The monoisotopic (exact) mass is 388 g/mol. The Morgan fingerprint density at radius 1 is 1.37 bits per heavy atom. The quantitative estimate of drug-likeness (QED) is 0.782. The third kappa shape index (κ3) is 3.42. The second-order valence-corrected chi connectivity index (χ2v) is 6.35. The Labute approximate surface area is 131 Å². The van der Waals surface area contributed by atoms with Gasteiger partial charge in [-0.1, -0.05) is 20.8 Å². The average Bonchev–Trinajstić information content (AvgIpc) is 2.91. The number of nitrogens with one attached hydrogen (secondary N) is 1. The first-order chi connectivity index (χ1) is 9.13. The van der Waals surface area contributed by atoms with Crippen LogP contribution in [0.5, 0.6) is 0 Å². The van der Waals surface area contributed by atoms with E-state index < -0.39 is 0 Å². The highest BCUT2D eigenvalue weighted by atomic mass is 127. The maximum Gasteiger partial charge on any atom is 0.181 e. The van der Waals surface area contributed by atoms with Crippen molar-refractivity contribution >= 4 is 39.7 Å². The summed E-state index contributed by atoms with van der Waals surface area (Å²) < 4.78 is 1.11. The molecule has 1 N–H and O–H groups in total. The number of nitrogens with zero attached hydrogens (tertiary/aromatic N) is 3. The molecule has 2 rings (SSSR count). The molecule has 6 heteroatoms. The van der Waals surface area contributed by atoms with Crippen LogP contribution >= 0.6 is 33.9 Å². The van der Waals surface area contributed by atoms with E-state index in [1.165, 1.54) is 0 Å². The van der Waals surface area contributed by atoms with E-state index in [2.05, 4.69) is 63.6 Å². The average molecular weight is 388 g/mol. The largest absolute Gasteiger partial charge is 0.369 e. The van der Waals surface area contributed by atoms with E-state index in [4.69, 9.17) is 0 Å². The molecule has 0 spiro atoms. The van der Waals surface area contributed by atoms with Crippen LogP contribution in [0, 0.1) is 3.57 Å². The van der Waals surface area contributed by atoms with Crippen molar-refractivity contribution in [3.63, 3.8) is 0 Å². The van der Waals surface area contributed by atoms with Crippen LogP contribution in [0.25, 0.3) is 11.5 Å². The molecule has 0 aliphatic rings. The van der Waals surface area contributed by atoms with Crippen molar-refractivity contribution in [2.75, 3.05) is 11.9 Å². The molecule has 102 valence electrons. The summed E-state index contributed by atoms with van der Waals surface area (Å²) in [6.07, 6.45) is 1.07. The molecule has 0 aliphatic heterocycles. The van der Waals surface area contributed by atoms with Gasteiger partial charge in [0.05, 0.1) is 14.8 Å². The number of thiazole rings is 1. The van der Waals surface area contributed by atoms with E-state index >= 15 is 0 Å². The lowest BCUT2D eigenvalue weighted by Gasteiger charge is -2.14. The number of halogens is 1. The fourth-order valence-electron chi connectivity index (χ4n) is 1.65. The highest BCUT2D eigenvalue weighted by molar-refractivity contribution is 14.1. The Morgan fingerprint density at radius 2 is 2.16 bits per heavy atom. The zero-order valence-electron chi connectivity index (χ0n) is 11.3. The number of hydrogen-bond acceptors (Lipinski definition) is 5. The molecule has 0 saturated heterocycles. The van der Waals surface area contributed by atoms with E-state index in [0.717, 1.165) is 33.7 Å². The summed E-state index contributed by atoms with van der Waals surface area (Å²) in [5.74, 6) is 2.00. The van der Waals surface area contributed by atoms with E-state index in [1.54, 1.807) is 11.3 Å². The van der Waals surface area contributed by atoms with Gasteiger partial charge in [0.2, 0.25) is 0 Å².